The molecule has 17 heavy (non-hydrogen) atoms. The molecule has 0 amide bonds. The molecule has 88 valence electrons. The van der Waals surface area contributed by atoms with Gasteiger partial charge >= 0.3 is 5.69 Å². The second-order valence-electron chi connectivity index (χ2n) is 3.54. The van der Waals surface area contributed by atoms with E-state index in [-0.39, 0.29) is 5.69 Å². The summed E-state index contributed by atoms with van der Waals surface area (Å²) in [5.41, 5.74) is 1.19. The van der Waals surface area contributed by atoms with E-state index in [2.05, 4.69) is 10.4 Å². The highest BCUT2D eigenvalue weighted by molar-refractivity contribution is 5.62. The summed E-state index contributed by atoms with van der Waals surface area (Å²) in [7, 11) is 1.64. The highest BCUT2D eigenvalue weighted by atomic mass is 16.6. The van der Waals surface area contributed by atoms with Gasteiger partial charge in [-0.25, -0.2) is 4.68 Å². The van der Waals surface area contributed by atoms with Gasteiger partial charge in [-0.3, -0.25) is 10.1 Å². The van der Waals surface area contributed by atoms with Gasteiger partial charge in [-0.2, -0.15) is 5.10 Å². The third-order valence-corrected chi connectivity index (χ3v) is 2.45. The van der Waals surface area contributed by atoms with Crippen molar-refractivity contribution in [2.75, 3.05) is 12.4 Å². The largest absolute Gasteiger partial charge is 0.367 e. The second kappa shape index (κ2) is 4.25. The van der Waals surface area contributed by atoms with E-state index in [0.717, 1.165) is 5.69 Å². The number of aromatic nitrogens is 2. The van der Waals surface area contributed by atoms with Crippen LogP contribution in [0.5, 0.6) is 0 Å². The van der Waals surface area contributed by atoms with Crippen LogP contribution in [0.15, 0.2) is 30.3 Å². The van der Waals surface area contributed by atoms with Gasteiger partial charge in [-0.15, -0.1) is 0 Å². The van der Waals surface area contributed by atoms with Crippen LogP contribution in [-0.2, 0) is 0 Å². The Hall–Kier alpha value is -2.37. The minimum absolute atomic E-state index is 0.0105. The maximum absolute atomic E-state index is 11.0. The minimum atomic E-state index is -0.423. The Labute approximate surface area is 98.0 Å². The quantitative estimate of drug-likeness (QED) is 0.649. The highest BCUT2D eigenvalue weighted by Crippen LogP contribution is 2.29. The first-order valence-electron chi connectivity index (χ1n) is 5.12. The lowest BCUT2D eigenvalue weighted by Crippen LogP contribution is -2.03. The standard InChI is InChI=1S/C11H12N4O2/c1-8-10(15(16)17)11(12-2)14(13-8)9-6-4-3-5-7-9/h3-7,12H,1-2H3. The van der Waals surface area contributed by atoms with Crippen LogP contribution in [0.3, 0.4) is 0 Å². The molecule has 2 aromatic rings. The second-order valence-corrected chi connectivity index (χ2v) is 3.54. The van der Waals surface area contributed by atoms with Crippen LogP contribution in [0.25, 0.3) is 5.69 Å². The van der Waals surface area contributed by atoms with Crippen molar-refractivity contribution in [1.82, 2.24) is 9.78 Å². The number of rotatable bonds is 3. The predicted molar refractivity (Wildman–Crippen MR) is 64.5 cm³/mol. The van der Waals surface area contributed by atoms with Crippen molar-refractivity contribution < 1.29 is 4.92 Å². The predicted octanol–water partition coefficient (Wildman–Crippen LogP) is 2.13. The molecule has 0 unspecified atom stereocenters. The molecule has 0 aliphatic heterocycles. The van der Waals surface area contributed by atoms with Crippen molar-refractivity contribution in [1.29, 1.82) is 0 Å². The van der Waals surface area contributed by atoms with E-state index in [1.54, 1.807) is 14.0 Å². The minimum Gasteiger partial charge on any atom is -0.367 e. The van der Waals surface area contributed by atoms with Crippen molar-refractivity contribution in [2.45, 2.75) is 6.92 Å². The molecule has 0 radical (unpaired) electrons. The van der Waals surface area contributed by atoms with E-state index in [0.29, 0.717) is 11.5 Å². The molecule has 6 nitrogen and oxygen atoms in total. The van der Waals surface area contributed by atoms with Crippen LogP contribution in [-0.4, -0.2) is 21.8 Å². The summed E-state index contributed by atoms with van der Waals surface area (Å²) >= 11 is 0. The van der Waals surface area contributed by atoms with Crippen molar-refractivity contribution >= 4 is 11.5 Å². The number of hydrogen-bond donors (Lipinski definition) is 1. The Balaban J connectivity index is 2.64. The average Bonchev–Trinajstić information content (AvgIpc) is 2.67. The number of nitrogens with zero attached hydrogens (tertiary/aromatic N) is 3. The van der Waals surface area contributed by atoms with Gasteiger partial charge in [0.15, 0.2) is 0 Å². The molecular formula is C11H12N4O2. The average molecular weight is 232 g/mol. The summed E-state index contributed by atoms with van der Waals surface area (Å²) in [6.07, 6.45) is 0. The van der Waals surface area contributed by atoms with Crippen molar-refractivity contribution in [3.63, 3.8) is 0 Å². The third-order valence-electron chi connectivity index (χ3n) is 2.45. The van der Waals surface area contributed by atoms with Crippen LogP contribution < -0.4 is 5.32 Å². The Kier molecular flexibility index (Phi) is 2.78. The van der Waals surface area contributed by atoms with Gasteiger partial charge in [0.05, 0.1) is 10.6 Å². The number of benzene rings is 1. The topological polar surface area (TPSA) is 73.0 Å². The van der Waals surface area contributed by atoms with Crippen LogP contribution in [0.2, 0.25) is 0 Å². The number of hydrogen-bond acceptors (Lipinski definition) is 4. The zero-order valence-corrected chi connectivity index (χ0v) is 9.54. The van der Waals surface area contributed by atoms with Crippen LogP contribution in [0, 0.1) is 17.0 Å². The number of anilines is 1. The maximum Gasteiger partial charge on any atom is 0.334 e. The van der Waals surface area contributed by atoms with E-state index in [1.807, 2.05) is 30.3 Å². The van der Waals surface area contributed by atoms with Gasteiger partial charge in [-0.1, -0.05) is 18.2 Å². The van der Waals surface area contributed by atoms with Gasteiger partial charge in [0, 0.05) is 7.05 Å². The molecule has 1 aromatic carbocycles. The van der Waals surface area contributed by atoms with Crippen molar-refractivity contribution in [3.8, 4) is 5.69 Å². The molecular weight excluding hydrogens is 220 g/mol. The van der Waals surface area contributed by atoms with Crippen LogP contribution in [0.4, 0.5) is 11.5 Å². The lowest BCUT2D eigenvalue weighted by Gasteiger charge is -2.05. The van der Waals surface area contributed by atoms with Crippen molar-refractivity contribution in [2.24, 2.45) is 0 Å². The first-order chi connectivity index (χ1) is 8.15. The van der Waals surface area contributed by atoms with E-state index in [9.17, 15) is 10.1 Å². The zero-order chi connectivity index (χ0) is 12.4. The molecule has 2 rings (SSSR count). The fraction of sp³-hybridized carbons (Fsp3) is 0.182. The SMILES string of the molecule is CNc1c([N+](=O)[O-])c(C)nn1-c1ccccc1. The number of para-hydroxylation sites is 1. The third kappa shape index (κ3) is 1.84. The molecule has 0 atom stereocenters. The lowest BCUT2D eigenvalue weighted by molar-refractivity contribution is -0.384. The molecule has 0 saturated carbocycles. The molecule has 1 aromatic heterocycles. The molecule has 6 heteroatoms. The monoisotopic (exact) mass is 232 g/mol. The smallest absolute Gasteiger partial charge is 0.334 e. The van der Waals surface area contributed by atoms with E-state index < -0.39 is 4.92 Å². The van der Waals surface area contributed by atoms with Gasteiger partial charge in [0.1, 0.15) is 5.69 Å². The Bertz CT molecular complexity index is 548. The Morgan fingerprint density at radius 1 is 1.35 bits per heavy atom. The molecule has 0 saturated heterocycles. The molecule has 0 aliphatic carbocycles. The normalized spacial score (nSPS) is 10.2. The lowest BCUT2D eigenvalue weighted by atomic mass is 10.3. The summed E-state index contributed by atoms with van der Waals surface area (Å²) in [5, 5.41) is 18.0. The van der Waals surface area contributed by atoms with Crippen molar-refractivity contribution in [3.05, 3.63) is 46.1 Å². The van der Waals surface area contributed by atoms with Gasteiger partial charge in [0.25, 0.3) is 0 Å². The number of nitro groups is 1. The van der Waals surface area contributed by atoms with Gasteiger partial charge in [0.2, 0.25) is 5.82 Å². The molecule has 1 N–H and O–H groups in total. The highest BCUT2D eigenvalue weighted by Gasteiger charge is 2.24. The van der Waals surface area contributed by atoms with Crippen LogP contribution in [0.1, 0.15) is 5.69 Å². The molecule has 0 bridgehead atoms. The van der Waals surface area contributed by atoms with E-state index >= 15 is 0 Å². The molecule has 0 aliphatic rings. The van der Waals surface area contributed by atoms with Crippen LogP contribution >= 0.6 is 0 Å². The fourth-order valence-electron chi connectivity index (χ4n) is 1.72. The Morgan fingerprint density at radius 3 is 2.53 bits per heavy atom. The maximum atomic E-state index is 11.0. The van der Waals surface area contributed by atoms with E-state index in [4.69, 9.17) is 0 Å². The first-order valence-corrected chi connectivity index (χ1v) is 5.12. The summed E-state index contributed by atoms with van der Waals surface area (Å²) in [4.78, 5) is 10.5. The summed E-state index contributed by atoms with van der Waals surface area (Å²) in [6, 6.07) is 9.29. The van der Waals surface area contributed by atoms with Gasteiger partial charge < -0.3 is 5.32 Å². The van der Waals surface area contributed by atoms with E-state index in [1.165, 1.54) is 4.68 Å². The zero-order valence-electron chi connectivity index (χ0n) is 9.54. The Morgan fingerprint density at radius 2 is 2.00 bits per heavy atom. The first kappa shape index (κ1) is 11.1. The summed E-state index contributed by atoms with van der Waals surface area (Å²) < 4.78 is 1.54. The molecule has 1 heterocycles. The van der Waals surface area contributed by atoms with Gasteiger partial charge in [-0.05, 0) is 19.1 Å². The number of aryl methyl sites for hydroxylation is 1. The summed E-state index contributed by atoms with van der Waals surface area (Å²) in [6.45, 7) is 1.62. The molecule has 0 spiro atoms. The number of nitrogens with one attached hydrogen (secondary N) is 1. The molecule has 0 fully saturated rings. The fourth-order valence-corrected chi connectivity index (χ4v) is 1.72. The summed E-state index contributed by atoms with van der Waals surface area (Å²) in [5.74, 6) is 0.388.